The molecule has 2 rings (SSSR count). The summed E-state index contributed by atoms with van der Waals surface area (Å²) in [5.74, 6) is 2.44. The van der Waals surface area contributed by atoms with Crippen molar-refractivity contribution >= 4 is 23.5 Å². The van der Waals surface area contributed by atoms with Crippen LogP contribution in [0.2, 0.25) is 0 Å². The maximum Gasteiger partial charge on any atom is 0.230 e. The van der Waals surface area contributed by atoms with Gasteiger partial charge in [-0.3, -0.25) is 4.79 Å². The summed E-state index contributed by atoms with van der Waals surface area (Å²) in [6.45, 7) is 2.92. The van der Waals surface area contributed by atoms with Crippen molar-refractivity contribution in [3.05, 3.63) is 23.9 Å². The molecule has 0 atom stereocenters. The van der Waals surface area contributed by atoms with Crippen LogP contribution in [-0.4, -0.2) is 29.2 Å². The SMILES string of the molecule is CCNc1cc(CSCC(=O)NC2CC2)ccn1. The number of amides is 1. The molecule has 98 valence electrons. The van der Waals surface area contributed by atoms with Crippen LogP contribution in [0.1, 0.15) is 25.3 Å². The Morgan fingerprint density at radius 3 is 3.11 bits per heavy atom. The van der Waals surface area contributed by atoms with E-state index < -0.39 is 0 Å². The molecule has 1 aromatic rings. The van der Waals surface area contributed by atoms with Crippen LogP contribution in [0, 0.1) is 0 Å². The number of hydrogen-bond donors (Lipinski definition) is 2. The van der Waals surface area contributed by atoms with Gasteiger partial charge in [-0.2, -0.15) is 0 Å². The first-order chi connectivity index (χ1) is 8.78. The molecular weight excluding hydrogens is 246 g/mol. The third kappa shape index (κ3) is 4.56. The zero-order valence-corrected chi connectivity index (χ0v) is 11.4. The van der Waals surface area contributed by atoms with Gasteiger partial charge in [0.2, 0.25) is 5.91 Å². The van der Waals surface area contributed by atoms with Gasteiger partial charge in [-0.1, -0.05) is 0 Å². The predicted octanol–water partition coefficient (Wildman–Crippen LogP) is 2.03. The number of nitrogens with one attached hydrogen (secondary N) is 2. The lowest BCUT2D eigenvalue weighted by atomic mass is 10.3. The molecule has 5 heteroatoms. The number of aromatic nitrogens is 1. The molecule has 1 fully saturated rings. The van der Waals surface area contributed by atoms with E-state index >= 15 is 0 Å². The van der Waals surface area contributed by atoms with Crippen molar-refractivity contribution in [1.82, 2.24) is 10.3 Å². The summed E-state index contributed by atoms with van der Waals surface area (Å²) >= 11 is 1.64. The van der Waals surface area contributed by atoms with Gasteiger partial charge < -0.3 is 10.6 Å². The van der Waals surface area contributed by atoms with E-state index in [-0.39, 0.29) is 5.91 Å². The van der Waals surface area contributed by atoms with E-state index in [0.29, 0.717) is 11.8 Å². The van der Waals surface area contributed by atoms with Crippen molar-refractivity contribution in [3.8, 4) is 0 Å². The Labute approximate surface area is 112 Å². The monoisotopic (exact) mass is 265 g/mol. The van der Waals surface area contributed by atoms with Crippen LogP contribution in [0.25, 0.3) is 0 Å². The lowest BCUT2D eigenvalue weighted by Gasteiger charge is -2.06. The highest BCUT2D eigenvalue weighted by molar-refractivity contribution is 7.99. The molecule has 18 heavy (non-hydrogen) atoms. The molecule has 0 radical (unpaired) electrons. The van der Waals surface area contributed by atoms with Gasteiger partial charge in [0.25, 0.3) is 0 Å². The molecule has 1 heterocycles. The minimum absolute atomic E-state index is 0.156. The first-order valence-electron chi connectivity index (χ1n) is 6.34. The minimum Gasteiger partial charge on any atom is -0.370 e. The Balaban J connectivity index is 1.71. The van der Waals surface area contributed by atoms with Crippen molar-refractivity contribution in [2.45, 2.75) is 31.6 Å². The molecule has 1 aliphatic carbocycles. The summed E-state index contributed by atoms with van der Waals surface area (Å²) in [7, 11) is 0. The van der Waals surface area contributed by atoms with Crippen LogP contribution in [0.5, 0.6) is 0 Å². The second-order valence-electron chi connectivity index (χ2n) is 4.41. The quantitative estimate of drug-likeness (QED) is 0.792. The number of anilines is 1. The van der Waals surface area contributed by atoms with Crippen LogP contribution >= 0.6 is 11.8 Å². The molecule has 4 nitrogen and oxygen atoms in total. The van der Waals surface area contributed by atoms with Gasteiger partial charge in [0, 0.05) is 24.5 Å². The fraction of sp³-hybridized carbons (Fsp3) is 0.538. The molecule has 0 aliphatic heterocycles. The van der Waals surface area contributed by atoms with E-state index in [1.807, 2.05) is 19.1 Å². The summed E-state index contributed by atoms with van der Waals surface area (Å²) in [5, 5.41) is 6.17. The summed E-state index contributed by atoms with van der Waals surface area (Å²) in [6, 6.07) is 4.49. The van der Waals surface area contributed by atoms with Crippen molar-refractivity contribution in [1.29, 1.82) is 0 Å². The summed E-state index contributed by atoms with van der Waals surface area (Å²) < 4.78 is 0. The maximum absolute atomic E-state index is 11.5. The third-order valence-corrected chi connectivity index (χ3v) is 3.63. The molecular formula is C13H19N3OS. The number of rotatable bonds is 7. The topological polar surface area (TPSA) is 54.0 Å². The number of pyridine rings is 1. The molecule has 0 bridgehead atoms. The molecule has 1 aliphatic rings. The van der Waals surface area contributed by atoms with Crippen LogP contribution in [0.15, 0.2) is 18.3 Å². The fourth-order valence-electron chi connectivity index (χ4n) is 1.60. The zero-order chi connectivity index (χ0) is 12.8. The van der Waals surface area contributed by atoms with Gasteiger partial charge in [-0.05, 0) is 37.5 Å². The van der Waals surface area contributed by atoms with Crippen molar-refractivity contribution in [2.75, 3.05) is 17.6 Å². The van der Waals surface area contributed by atoms with Gasteiger partial charge in [0.1, 0.15) is 5.82 Å². The standard InChI is InChI=1S/C13H19N3OS/c1-2-14-12-7-10(5-6-15-12)8-18-9-13(17)16-11-3-4-11/h5-7,11H,2-4,8-9H2,1H3,(H,14,15)(H,16,17). The number of hydrogen-bond acceptors (Lipinski definition) is 4. The molecule has 0 unspecified atom stereocenters. The van der Waals surface area contributed by atoms with E-state index in [4.69, 9.17) is 0 Å². The maximum atomic E-state index is 11.5. The number of carbonyl (C=O) groups excluding carboxylic acids is 1. The van der Waals surface area contributed by atoms with Crippen LogP contribution in [-0.2, 0) is 10.5 Å². The average molecular weight is 265 g/mol. The van der Waals surface area contributed by atoms with E-state index in [9.17, 15) is 4.79 Å². The Morgan fingerprint density at radius 2 is 2.39 bits per heavy atom. The largest absolute Gasteiger partial charge is 0.370 e. The molecule has 2 N–H and O–H groups in total. The molecule has 0 aromatic carbocycles. The minimum atomic E-state index is 0.156. The first kappa shape index (κ1) is 13.2. The van der Waals surface area contributed by atoms with Crippen LogP contribution in [0.4, 0.5) is 5.82 Å². The second-order valence-corrected chi connectivity index (χ2v) is 5.40. The predicted molar refractivity (Wildman–Crippen MR) is 75.7 cm³/mol. The van der Waals surface area contributed by atoms with Crippen molar-refractivity contribution < 1.29 is 4.79 Å². The van der Waals surface area contributed by atoms with Crippen molar-refractivity contribution in [3.63, 3.8) is 0 Å². The van der Waals surface area contributed by atoms with Crippen LogP contribution < -0.4 is 10.6 Å². The van der Waals surface area contributed by atoms with E-state index in [1.165, 1.54) is 5.56 Å². The van der Waals surface area contributed by atoms with Gasteiger partial charge >= 0.3 is 0 Å². The highest BCUT2D eigenvalue weighted by Crippen LogP contribution is 2.19. The Kier molecular flexibility index (Phi) is 4.87. The van der Waals surface area contributed by atoms with Gasteiger partial charge in [-0.25, -0.2) is 4.98 Å². The normalized spacial score (nSPS) is 14.3. The molecule has 1 saturated carbocycles. The highest BCUT2D eigenvalue weighted by atomic mass is 32.2. The number of carbonyl (C=O) groups is 1. The third-order valence-electron chi connectivity index (χ3n) is 2.63. The van der Waals surface area contributed by atoms with Gasteiger partial charge in [-0.15, -0.1) is 11.8 Å². The average Bonchev–Trinajstić information content (AvgIpc) is 3.14. The lowest BCUT2D eigenvalue weighted by molar-refractivity contribution is -0.118. The summed E-state index contributed by atoms with van der Waals surface area (Å²) in [6.07, 6.45) is 4.10. The van der Waals surface area contributed by atoms with Crippen LogP contribution in [0.3, 0.4) is 0 Å². The smallest absolute Gasteiger partial charge is 0.230 e. The molecule has 0 spiro atoms. The molecule has 0 saturated heterocycles. The fourth-order valence-corrected chi connectivity index (χ4v) is 2.39. The summed E-state index contributed by atoms with van der Waals surface area (Å²) in [5.41, 5.74) is 1.20. The molecule has 1 amide bonds. The van der Waals surface area contributed by atoms with Gasteiger partial charge in [0.05, 0.1) is 5.75 Å². The second kappa shape index (κ2) is 6.64. The van der Waals surface area contributed by atoms with E-state index in [0.717, 1.165) is 31.0 Å². The summed E-state index contributed by atoms with van der Waals surface area (Å²) in [4.78, 5) is 15.7. The Bertz CT molecular complexity index is 407. The first-order valence-corrected chi connectivity index (χ1v) is 7.49. The van der Waals surface area contributed by atoms with E-state index in [2.05, 4.69) is 15.6 Å². The zero-order valence-electron chi connectivity index (χ0n) is 10.6. The number of nitrogens with zero attached hydrogens (tertiary/aromatic N) is 1. The Hall–Kier alpha value is -1.23. The van der Waals surface area contributed by atoms with Crippen molar-refractivity contribution in [2.24, 2.45) is 0 Å². The number of thioether (sulfide) groups is 1. The lowest BCUT2D eigenvalue weighted by Crippen LogP contribution is -2.27. The van der Waals surface area contributed by atoms with E-state index in [1.54, 1.807) is 18.0 Å². The highest BCUT2D eigenvalue weighted by Gasteiger charge is 2.22. The van der Waals surface area contributed by atoms with Gasteiger partial charge in [0.15, 0.2) is 0 Å². The molecule has 1 aromatic heterocycles. The Morgan fingerprint density at radius 1 is 1.56 bits per heavy atom.